The van der Waals surface area contributed by atoms with Gasteiger partial charge in [-0.3, -0.25) is 0 Å². The van der Waals surface area contributed by atoms with Gasteiger partial charge in [-0.15, -0.1) is 0 Å². The van der Waals surface area contributed by atoms with Crippen molar-refractivity contribution in [3.63, 3.8) is 0 Å². The second-order valence-electron chi connectivity index (χ2n) is 3.45. The van der Waals surface area contributed by atoms with Crippen LogP contribution >= 0.6 is 0 Å². The van der Waals surface area contributed by atoms with Crippen molar-refractivity contribution in [1.29, 1.82) is 5.26 Å². The predicted octanol–water partition coefficient (Wildman–Crippen LogP) is 2.19. The fourth-order valence-corrected chi connectivity index (χ4v) is 3.34. The summed E-state index contributed by atoms with van der Waals surface area (Å²) in [4.78, 5) is 0. The molecule has 15 heavy (non-hydrogen) atoms. The van der Waals surface area contributed by atoms with Crippen LogP contribution in [0.4, 0.5) is 0 Å². The van der Waals surface area contributed by atoms with E-state index in [4.69, 9.17) is 18.5 Å². The van der Waals surface area contributed by atoms with Crippen molar-refractivity contribution in [2.24, 2.45) is 5.92 Å². The molecule has 0 rings (SSSR count). The van der Waals surface area contributed by atoms with Crippen LogP contribution in [0.25, 0.3) is 0 Å². The second kappa shape index (κ2) is 7.82. The van der Waals surface area contributed by atoms with E-state index in [0.29, 0.717) is 6.04 Å². The van der Waals surface area contributed by atoms with Crippen LogP contribution in [-0.2, 0) is 13.3 Å². The number of hydrogen-bond acceptors (Lipinski definition) is 4. The molecule has 5 heteroatoms. The van der Waals surface area contributed by atoms with Gasteiger partial charge in [0.15, 0.2) is 0 Å². The number of hydrogen-bond donors (Lipinski definition) is 0. The lowest BCUT2D eigenvalue weighted by Crippen LogP contribution is -2.42. The molecule has 0 aliphatic carbocycles. The molecule has 4 nitrogen and oxygen atoms in total. The molecule has 0 spiro atoms. The van der Waals surface area contributed by atoms with E-state index in [0.717, 1.165) is 19.3 Å². The van der Waals surface area contributed by atoms with Gasteiger partial charge >= 0.3 is 8.80 Å². The first-order chi connectivity index (χ1) is 7.17. The third-order valence-corrected chi connectivity index (χ3v) is 5.32. The Morgan fingerprint density at radius 1 is 1.13 bits per heavy atom. The highest BCUT2D eigenvalue weighted by molar-refractivity contribution is 6.60. The Bertz CT molecular complexity index is 193. The van der Waals surface area contributed by atoms with E-state index in [1.807, 2.05) is 0 Å². The maximum Gasteiger partial charge on any atom is 0.500 e. The molecule has 0 aromatic carbocycles. The van der Waals surface area contributed by atoms with E-state index in [2.05, 4.69) is 13.0 Å². The van der Waals surface area contributed by atoms with Gasteiger partial charge in [0.2, 0.25) is 0 Å². The summed E-state index contributed by atoms with van der Waals surface area (Å²) < 4.78 is 15.9. The highest BCUT2D eigenvalue weighted by atomic mass is 28.4. The van der Waals surface area contributed by atoms with Gasteiger partial charge in [-0.2, -0.15) is 5.26 Å². The van der Waals surface area contributed by atoms with Crippen molar-refractivity contribution in [3.8, 4) is 6.07 Å². The van der Waals surface area contributed by atoms with Crippen LogP contribution in [0.2, 0.25) is 6.04 Å². The molecule has 0 heterocycles. The summed E-state index contributed by atoms with van der Waals surface area (Å²) in [5, 5.41) is 8.92. The van der Waals surface area contributed by atoms with Gasteiger partial charge in [-0.05, 0) is 12.8 Å². The normalized spacial score (nSPS) is 13.5. The molecule has 1 atom stereocenters. The van der Waals surface area contributed by atoms with Crippen molar-refractivity contribution < 1.29 is 13.3 Å². The van der Waals surface area contributed by atoms with Gasteiger partial charge < -0.3 is 13.3 Å². The second-order valence-corrected chi connectivity index (χ2v) is 6.54. The van der Waals surface area contributed by atoms with E-state index in [1.54, 1.807) is 21.3 Å². The van der Waals surface area contributed by atoms with Crippen molar-refractivity contribution in [2.75, 3.05) is 21.3 Å². The average Bonchev–Trinajstić information content (AvgIpc) is 2.30. The van der Waals surface area contributed by atoms with Gasteiger partial charge in [0.1, 0.15) is 0 Å². The molecule has 0 fully saturated rings. The van der Waals surface area contributed by atoms with E-state index < -0.39 is 8.80 Å². The number of nitrogens with zero attached hydrogens (tertiary/aromatic N) is 1. The molecule has 0 aliphatic rings. The van der Waals surface area contributed by atoms with E-state index >= 15 is 0 Å². The highest BCUT2D eigenvalue weighted by Crippen LogP contribution is 2.21. The topological polar surface area (TPSA) is 51.5 Å². The van der Waals surface area contributed by atoms with Gasteiger partial charge in [-0.25, -0.2) is 0 Å². The Hall–Kier alpha value is -0.413. The summed E-state index contributed by atoms with van der Waals surface area (Å²) in [6.45, 7) is 2.08. The molecule has 0 aromatic rings. The minimum Gasteiger partial charge on any atom is -0.377 e. The minimum atomic E-state index is -2.48. The van der Waals surface area contributed by atoms with Gasteiger partial charge in [0.05, 0.1) is 6.07 Å². The molecule has 88 valence electrons. The fraction of sp³-hybridized carbons (Fsp3) is 0.900. The van der Waals surface area contributed by atoms with Crippen LogP contribution in [0.15, 0.2) is 0 Å². The Kier molecular flexibility index (Phi) is 7.61. The van der Waals surface area contributed by atoms with E-state index in [1.165, 1.54) is 0 Å². The van der Waals surface area contributed by atoms with Crippen molar-refractivity contribution in [3.05, 3.63) is 0 Å². The standard InChI is InChI=1S/C10H21NO3Si/c1-5-6-10(9-11)7-8-15(12-2,13-3)14-4/h10H,5-8H2,1-4H3. The SMILES string of the molecule is CCCC(C#N)CC[Si](OC)(OC)OC. The summed E-state index contributed by atoms with van der Waals surface area (Å²) in [7, 11) is 2.32. The molecule has 0 amide bonds. The number of nitriles is 1. The van der Waals surface area contributed by atoms with Crippen LogP contribution in [0.1, 0.15) is 26.2 Å². The lowest BCUT2D eigenvalue weighted by atomic mass is 10.0. The summed E-state index contributed by atoms with van der Waals surface area (Å²) in [6.07, 6.45) is 2.74. The summed E-state index contributed by atoms with van der Waals surface area (Å²) in [5.74, 6) is 0.0855. The Morgan fingerprint density at radius 2 is 1.67 bits per heavy atom. The van der Waals surface area contributed by atoms with Crippen molar-refractivity contribution in [2.45, 2.75) is 32.2 Å². The first-order valence-corrected chi connectivity index (χ1v) is 7.16. The zero-order chi connectivity index (χ0) is 11.7. The van der Waals surface area contributed by atoms with Crippen LogP contribution in [-0.4, -0.2) is 30.1 Å². The smallest absolute Gasteiger partial charge is 0.377 e. The minimum absolute atomic E-state index is 0.0855. The lowest BCUT2D eigenvalue weighted by Gasteiger charge is -2.24. The molecule has 0 saturated carbocycles. The zero-order valence-corrected chi connectivity index (χ0v) is 11.1. The summed E-state index contributed by atoms with van der Waals surface area (Å²) >= 11 is 0. The largest absolute Gasteiger partial charge is 0.500 e. The molecule has 0 bridgehead atoms. The molecule has 0 N–H and O–H groups in total. The first kappa shape index (κ1) is 14.6. The molecule has 0 aliphatic heterocycles. The lowest BCUT2D eigenvalue weighted by molar-refractivity contribution is 0.122. The van der Waals surface area contributed by atoms with Crippen LogP contribution < -0.4 is 0 Å². The summed E-state index contributed by atoms with van der Waals surface area (Å²) in [5.41, 5.74) is 0. The van der Waals surface area contributed by atoms with Gasteiger partial charge in [0, 0.05) is 33.3 Å². The number of rotatable bonds is 8. The van der Waals surface area contributed by atoms with E-state index in [9.17, 15) is 0 Å². The predicted molar refractivity (Wildman–Crippen MR) is 60.2 cm³/mol. The molecule has 0 radical (unpaired) electrons. The van der Waals surface area contributed by atoms with Crippen molar-refractivity contribution >= 4 is 8.80 Å². The maximum absolute atomic E-state index is 8.92. The molecular weight excluding hydrogens is 210 g/mol. The molecular formula is C10H21NO3Si. The fourth-order valence-electron chi connectivity index (χ4n) is 1.53. The van der Waals surface area contributed by atoms with Crippen LogP contribution in [0, 0.1) is 17.2 Å². The van der Waals surface area contributed by atoms with Crippen LogP contribution in [0.3, 0.4) is 0 Å². The third kappa shape index (κ3) is 4.75. The zero-order valence-electron chi connectivity index (χ0n) is 10.1. The Balaban J connectivity index is 4.14. The Morgan fingerprint density at radius 3 is 2.00 bits per heavy atom. The van der Waals surface area contributed by atoms with E-state index in [-0.39, 0.29) is 5.92 Å². The van der Waals surface area contributed by atoms with Gasteiger partial charge in [-0.1, -0.05) is 13.3 Å². The summed E-state index contributed by atoms with van der Waals surface area (Å²) in [6, 6.07) is 3.01. The first-order valence-electron chi connectivity index (χ1n) is 5.23. The third-order valence-electron chi connectivity index (χ3n) is 2.55. The highest BCUT2D eigenvalue weighted by Gasteiger charge is 2.37. The molecule has 1 unspecified atom stereocenters. The Labute approximate surface area is 93.5 Å². The van der Waals surface area contributed by atoms with Crippen LogP contribution in [0.5, 0.6) is 0 Å². The van der Waals surface area contributed by atoms with Crippen molar-refractivity contribution in [1.82, 2.24) is 0 Å². The monoisotopic (exact) mass is 231 g/mol. The quantitative estimate of drug-likeness (QED) is 0.601. The molecule has 0 saturated heterocycles. The molecule has 0 aromatic heterocycles. The maximum atomic E-state index is 8.92. The average molecular weight is 231 g/mol. The van der Waals surface area contributed by atoms with Gasteiger partial charge in [0.25, 0.3) is 0 Å².